The molecule has 0 aliphatic heterocycles. The first-order valence-corrected chi connectivity index (χ1v) is 7.36. The van der Waals surface area contributed by atoms with Crippen molar-refractivity contribution in [3.8, 4) is 11.3 Å². The third-order valence-electron chi connectivity index (χ3n) is 3.56. The zero-order valence-electron chi connectivity index (χ0n) is 13.2. The molecule has 0 aliphatic rings. The molecule has 0 fully saturated rings. The summed E-state index contributed by atoms with van der Waals surface area (Å²) in [4.78, 5) is 0. The molecule has 0 saturated heterocycles. The summed E-state index contributed by atoms with van der Waals surface area (Å²) in [7, 11) is 0. The molecule has 0 saturated carbocycles. The van der Waals surface area contributed by atoms with Gasteiger partial charge in [-0.1, -0.05) is 52.0 Å². The highest BCUT2D eigenvalue weighted by atomic mass is 16.3. The lowest BCUT2D eigenvalue weighted by molar-refractivity contribution is 0.444. The van der Waals surface area contributed by atoms with E-state index in [1.165, 1.54) is 11.1 Å². The van der Waals surface area contributed by atoms with Crippen molar-refractivity contribution >= 4 is 0 Å². The molecular formula is C18H25NO. The quantitative estimate of drug-likeness (QED) is 0.854. The fraction of sp³-hybridized carbons (Fsp3) is 0.444. The van der Waals surface area contributed by atoms with Crippen molar-refractivity contribution in [2.24, 2.45) is 0 Å². The van der Waals surface area contributed by atoms with E-state index >= 15 is 0 Å². The number of benzene rings is 1. The molecular weight excluding hydrogens is 246 g/mol. The smallest absolute Gasteiger partial charge is 0.134 e. The largest absolute Gasteiger partial charge is 0.459 e. The van der Waals surface area contributed by atoms with E-state index in [1.807, 2.05) is 0 Å². The molecule has 2 aromatic rings. The van der Waals surface area contributed by atoms with Crippen LogP contribution in [-0.2, 0) is 5.41 Å². The summed E-state index contributed by atoms with van der Waals surface area (Å²) in [6, 6.07) is 12.9. The highest BCUT2D eigenvalue weighted by Gasteiger charge is 2.20. The van der Waals surface area contributed by atoms with E-state index in [2.05, 4.69) is 76.3 Å². The van der Waals surface area contributed by atoms with Crippen LogP contribution in [0.3, 0.4) is 0 Å². The normalized spacial score (nSPS) is 13.4. The van der Waals surface area contributed by atoms with Crippen LogP contribution in [0.5, 0.6) is 0 Å². The molecule has 0 spiro atoms. The van der Waals surface area contributed by atoms with Gasteiger partial charge in [-0.05, 0) is 36.6 Å². The van der Waals surface area contributed by atoms with Crippen LogP contribution >= 0.6 is 0 Å². The highest BCUT2D eigenvalue weighted by molar-refractivity contribution is 5.64. The molecule has 1 atom stereocenters. The first-order valence-electron chi connectivity index (χ1n) is 7.36. The van der Waals surface area contributed by atoms with E-state index in [0.717, 1.165) is 18.1 Å². The van der Waals surface area contributed by atoms with E-state index in [0.29, 0.717) is 0 Å². The Morgan fingerprint density at radius 2 is 1.80 bits per heavy atom. The average Bonchev–Trinajstić information content (AvgIpc) is 2.87. The lowest BCUT2D eigenvalue weighted by atomic mass is 9.83. The van der Waals surface area contributed by atoms with Gasteiger partial charge in [0.15, 0.2) is 0 Å². The van der Waals surface area contributed by atoms with Crippen LogP contribution in [0, 0.1) is 0 Å². The molecule has 108 valence electrons. The minimum absolute atomic E-state index is 0.108. The fourth-order valence-electron chi connectivity index (χ4n) is 2.49. The predicted molar refractivity (Wildman–Crippen MR) is 84.9 cm³/mol. The Labute approximate surface area is 122 Å². The zero-order valence-corrected chi connectivity index (χ0v) is 13.2. The van der Waals surface area contributed by atoms with Gasteiger partial charge in [0.05, 0.1) is 6.04 Å². The number of furan rings is 1. The van der Waals surface area contributed by atoms with Gasteiger partial charge >= 0.3 is 0 Å². The van der Waals surface area contributed by atoms with Crippen molar-refractivity contribution in [1.29, 1.82) is 0 Å². The van der Waals surface area contributed by atoms with Crippen LogP contribution in [0.4, 0.5) is 0 Å². The first kappa shape index (κ1) is 14.9. The summed E-state index contributed by atoms with van der Waals surface area (Å²) >= 11 is 0. The Morgan fingerprint density at radius 3 is 2.45 bits per heavy atom. The minimum atomic E-state index is 0.108. The Hall–Kier alpha value is -1.54. The van der Waals surface area contributed by atoms with Gasteiger partial charge in [0.1, 0.15) is 11.5 Å². The van der Waals surface area contributed by atoms with Gasteiger partial charge in [-0.25, -0.2) is 0 Å². The molecule has 1 heterocycles. The van der Waals surface area contributed by atoms with Crippen molar-refractivity contribution in [2.75, 3.05) is 6.54 Å². The Balaban J connectivity index is 2.38. The fourth-order valence-corrected chi connectivity index (χ4v) is 2.49. The molecule has 0 radical (unpaired) electrons. The van der Waals surface area contributed by atoms with Gasteiger partial charge < -0.3 is 9.73 Å². The van der Waals surface area contributed by atoms with Gasteiger partial charge in [-0.3, -0.25) is 0 Å². The molecule has 2 heteroatoms. The summed E-state index contributed by atoms with van der Waals surface area (Å²) < 4.78 is 6.06. The second kappa shape index (κ2) is 5.84. The second-order valence-electron chi connectivity index (χ2n) is 6.28. The van der Waals surface area contributed by atoms with E-state index in [1.54, 1.807) is 0 Å². The van der Waals surface area contributed by atoms with Crippen LogP contribution in [0.25, 0.3) is 11.3 Å². The molecule has 0 aliphatic carbocycles. The topological polar surface area (TPSA) is 25.2 Å². The standard InChI is InChI=1S/C18H25NO/c1-6-19-13(2)16-11-12-17(20-16)14-9-7-8-10-15(14)18(3,4)5/h7-13,19H,6H2,1-5H3. The summed E-state index contributed by atoms with van der Waals surface area (Å²) in [5.74, 6) is 1.95. The van der Waals surface area contributed by atoms with E-state index < -0.39 is 0 Å². The van der Waals surface area contributed by atoms with Crippen LogP contribution in [-0.4, -0.2) is 6.54 Å². The van der Waals surface area contributed by atoms with Crippen LogP contribution in [0.1, 0.15) is 52.0 Å². The van der Waals surface area contributed by atoms with Gasteiger partial charge in [-0.15, -0.1) is 0 Å². The SMILES string of the molecule is CCNC(C)c1ccc(-c2ccccc2C(C)(C)C)o1. The molecule has 1 aromatic heterocycles. The van der Waals surface area contributed by atoms with Crippen LogP contribution in [0.15, 0.2) is 40.8 Å². The average molecular weight is 271 g/mol. The van der Waals surface area contributed by atoms with Crippen LogP contribution in [0.2, 0.25) is 0 Å². The van der Waals surface area contributed by atoms with Crippen molar-refractivity contribution in [2.45, 2.75) is 46.1 Å². The van der Waals surface area contributed by atoms with E-state index in [4.69, 9.17) is 4.42 Å². The molecule has 2 rings (SSSR count). The number of hydrogen-bond acceptors (Lipinski definition) is 2. The maximum absolute atomic E-state index is 6.06. The van der Waals surface area contributed by atoms with Crippen molar-refractivity contribution in [3.05, 3.63) is 47.7 Å². The van der Waals surface area contributed by atoms with Crippen LogP contribution < -0.4 is 5.32 Å². The molecule has 1 N–H and O–H groups in total. The number of rotatable bonds is 4. The highest BCUT2D eigenvalue weighted by Crippen LogP contribution is 2.34. The first-order chi connectivity index (χ1) is 9.43. The molecule has 1 unspecified atom stereocenters. The molecule has 20 heavy (non-hydrogen) atoms. The van der Waals surface area contributed by atoms with Gasteiger partial charge in [0, 0.05) is 5.56 Å². The summed E-state index contributed by atoms with van der Waals surface area (Å²) in [6.45, 7) is 11.9. The van der Waals surface area contributed by atoms with E-state index in [9.17, 15) is 0 Å². The summed E-state index contributed by atoms with van der Waals surface area (Å²) in [5.41, 5.74) is 2.61. The number of hydrogen-bond donors (Lipinski definition) is 1. The Kier molecular flexibility index (Phi) is 4.34. The zero-order chi connectivity index (χ0) is 14.8. The number of nitrogens with one attached hydrogen (secondary N) is 1. The second-order valence-corrected chi connectivity index (χ2v) is 6.28. The van der Waals surface area contributed by atoms with Gasteiger partial charge in [0.25, 0.3) is 0 Å². The van der Waals surface area contributed by atoms with Gasteiger partial charge in [-0.2, -0.15) is 0 Å². The Morgan fingerprint density at radius 1 is 1.10 bits per heavy atom. The Bertz CT molecular complexity index is 563. The van der Waals surface area contributed by atoms with Gasteiger partial charge in [0.2, 0.25) is 0 Å². The third kappa shape index (κ3) is 3.13. The lowest BCUT2D eigenvalue weighted by Gasteiger charge is -2.22. The molecule has 2 nitrogen and oxygen atoms in total. The predicted octanol–water partition coefficient (Wildman–Crippen LogP) is 4.91. The maximum atomic E-state index is 6.06. The lowest BCUT2D eigenvalue weighted by Crippen LogP contribution is -2.16. The molecule has 0 amide bonds. The molecule has 0 bridgehead atoms. The van der Waals surface area contributed by atoms with Crippen molar-refractivity contribution in [1.82, 2.24) is 5.32 Å². The molecule has 1 aromatic carbocycles. The monoisotopic (exact) mass is 271 g/mol. The minimum Gasteiger partial charge on any atom is -0.459 e. The van der Waals surface area contributed by atoms with Crippen molar-refractivity contribution < 1.29 is 4.42 Å². The summed E-state index contributed by atoms with van der Waals surface area (Å²) in [6.07, 6.45) is 0. The van der Waals surface area contributed by atoms with Crippen molar-refractivity contribution in [3.63, 3.8) is 0 Å². The third-order valence-corrected chi connectivity index (χ3v) is 3.56. The summed E-state index contributed by atoms with van der Waals surface area (Å²) in [5, 5.41) is 3.38. The van der Waals surface area contributed by atoms with E-state index in [-0.39, 0.29) is 11.5 Å². The maximum Gasteiger partial charge on any atom is 0.134 e.